The van der Waals surface area contributed by atoms with Gasteiger partial charge in [-0.25, -0.2) is 0 Å². The van der Waals surface area contributed by atoms with Gasteiger partial charge in [-0.15, -0.1) is 0 Å². The second kappa shape index (κ2) is 41.2. The zero-order chi connectivity index (χ0) is 2.00. The average Bonchev–Trinajstić information content (AvgIpc) is 1.00. The molecule has 0 fully saturated rings. The van der Waals surface area contributed by atoms with E-state index in [1.807, 2.05) is 0 Å². The van der Waals surface area contributed by atoms with Crippen LogP contribution in [0.15, 0.2) is 0 Å². The van der Waals surface area contributed by atoms with Crippen LogP contribution in [0.4, 0.5) is 0 Å². The third kappa shape index (κ3) is 25.8. The normalized spacial score (nSPS) is 0.600. The van der Waals surface area contributed by atoms with Crippen LogP contribution in [0.3, 0.4) is 0 Å². The van der Waals surface area contributed by atoms with Crippen LogP contribution >= 0.6 is 0 Å². The second-order valence-electron chi connectivity index (χ2n) is 0. The summed E-state index contributed by atoms with van der Waals surface area (Å²) in [7, 11) is 0. The first-order valence-corrected chi connectivity index (χ1v) is 1.49. The summed E-state index contributed by atoms with van der Waals surface area (Å²) in [4.78, 5) is 0. The summed E-state index contributed by atoms with van der Waals surface area (Å²) >= 11 is 0.0556. The van der Waals surface area contributed by atoms with Crippen LogP contribution in [0.5, 0.6) is 0 Å². The van der Waals surface area contributed by atoms with E-state index in [1.54, 1.807) is 0 Å². The SMILES string of the molecule is [F-].[F-].[Mg+2].[O]=[Ce]. The van der Waals surface area contributed by atoms with Gasteiger partial charge in [-0.3, -0.25) is 0 Å². The van der Waals surface area contributed by atoms with Gasteiger partial charge in [-0.05, 0) is 0 Å². The molecule has 0 amide bonds. The van der Waals surface area contributed by atoms with E-state index in [0.717, 1.165) is 0 Å². The molecule has 0 N–H and O–H groups in total. The van der Waals surface area contributed by atoms with Crippen molar-refractivity contribution in [1.82, 2.24) is 0 Å². The molecule has 0 saturated carbocycles. The molecule has 0 atom stereocenters. The van der Waals surface area contributed by atoms with Gasteiger partial charge in [-0.2, -0.15) is 0 Å². The molecular weight excluding hydrogens is 218 g/mol. The average molecular weight is 218 g/mol. The molecule has 1 nitrogen and oxygen atoms in total. The molecule has 26 valence electrons. The Balaban J connectivity index is -0.00000000167. The Morgan fingerprint density at radius 2 is 1.00 bits per heavy atom. The van der Waals surface area contributed by atoms with Crippen molar-refractivity contribution in [3.8, 4) is 0 Å². The van der Waals surface area contributed by atoms with Crippen molar-refractivity contribution in [2.45, 2.75) is 0 Å². The molecule has 0 spiro atoms. The van der Waals surface area contributed by atoms with Gasteiger partial charge in [0, 0.05) is 0 Å². The number of hydrogen-bond acceptors (Lipinski definition) is 1. The summed E-state index contributed by atoms with van der Waals surface area (Å²) in [5.74, 6) is 0. The molecule has 0 heterocycles. The molecule has 0 aromatic carbocycles. The Hall–Kier alpha value is 1.80. The molecular formula is CeF2MgO. The van der Waals surface area contributed by atoms with Crippen LogP contribution < -0.4 is 9.41 Å². The van der Waals surface area contributed by atoms with E-state index in [9.17, 15) is 0 Å². The standard InChI is InChI=1S/Ce.2FH.Mg.O/h;2*1H;;/q;;;+2;/p-2. The van der Waals surface area contributed by atoms with Gasteiger partial charge in [0.25, 0.3) is 0 Å². The van der Waals surface area contributed by atoms with Crippen molar-refractivity contribution in [3.63, 3.8) is 0 Å². The predicted molar refractivity (Wildman–Crippen MR) is 6.44 cm³/mol. The molecule has 5 heteroatoms. The Bertz CT molecular complexity index is 9.61. The van der Waals surface area contributed by atoms with Gasteiger partial charge in [0.15, 0.2) is 0 Å². The van der Waals surface area contributed by atoms with Gasteiger partial charge in [-0.1, -0.05) is 0 Å². The number of halogens is 2. The third-order valence-electron chi connectivity index (χ3n) is 0. The van der Waals surface area contributed by atoms with Crippen molar-refractivity contribution < 1.29 is 50.1 Å². The van der Waals surface area contributed by atoms with E-state index in [1.165, 1.54) is 0 Å². The number of rotatable bonds is 0. The zero-order valence-electron chi connectivity index (χ0n) is 2.37. The van der Waals surface area contributed by atoms with Crippen LogP contribution in [0.1, 0.15) is 0 Å². The van der Waals surface area contributed by atoms with E-state index in [4.69, 9.17) is 0.938 Å². The summed E-state index contributed by atoms with van der Waals surface area (Å²) < 4.78 is 8.39. The quantitative estimate of drug-likeness (QED) is 0.370. The Morgan fingerprint density at radius 3 is 1.00 bits per heavy atom. The summed E-state index contributed by atoms with van der Waals surface area (Å²) in [5, 5.41) is 0. The molecule has 0 unspecified atom stereocenters. The van der Waals surface area contributed by atoms with Gasteiger partial charge < -0.3 is 9.41 Å². The van der Waals surface area contributed by atoms with Gasteiger partial charge in [0.1, 0.15) is 0 Å². The van der Waals surface area contributed by atoms with Gasteiger partial charge in [0.05, 0.1) is 0 Å². The minimum atomic E-state index is 0. The van der Waals surface area contributed by atoms with E-state index in [-0.39, 0.29) is 72.2 Å². The van der Waals surface area contributed by atoms with Gasteiger partial charge in [0.2, 0.25) is 0 Å². The summed E-state index contributed by atoms with van der Waals surface area (Å²) in [5.41, 5.74) is 0. The topological polar surface area (TPSA) is 17.1 Å². The molecule has 0 rings (SSSR count). The van der Waals surface area contributed by atoms with Crippen molar-refractivity contribution in [2.75, 3.05) is 0 Å². The molecule has 0 bridgehead atoms. The maximum atomic E-state index is 8.39. The van der Waals surface area contributed by atoms with Crippen molar-refractivity contribution in [3.05, 3.63) is 0 Å². The van der Waals surface area contributed by atoms with Crippen molar-refractivity contribution >= 4 is 23.1 Å². The van der Waals surface area contributed by atoms with E-state index < -0.39 is 0 Å². The summed E-state index contributed by atoms with van der Waals surface area (Å²) in [6.07, 6.45) is 0. The number of hydrogen-bond donors (Lipinski definition) is 0. The fourth-order valence-corrected chi connectivity index (χ4v) is 0. The van der Waals surface area contributed by atoms with Crippen LogP contribution in [0.2, 0.25) is 0 Å². The Morgan fingerprint density at radius 1 is 1.00 bits per heavy atom. The second-order valence-corrected chi connectivity index (χ2v) is 0. The van der Waals surface area contributed by atoms with Crippen molar-refractivity contribution in [2.24, 2.45) is 0 Å². The first-order valence-electron chi connectivity index (χ1n) is 0.204. The molecule has 0 aromatic rings. The fourth-order valence-electron chi connectivity index (χ4n) is 0. The molecule has 0 radical (unpaired) electrons. The zero-order valence-corrected chi connectivity index (χ0v) is 6.93. The maximum absolute atomic E-state index is 8.39. The molecule has 0 aliphatic heterocycles. The van der Waals surface area contributed by atoms with E-state index in [0.29, 0.717) is 0 Å². The molecule has 0 aliphatic rings. The third-order valence-corrected chi connectivity index (χ3v) is 0. The van der Waals surface area contributed by atoms with Crippen LogP contribution in [0, 0.1) is 39.8 Å². The first-order chi connectivity index (χ1) is 1.00. The Kier molecular flexibility index (Phi) is 240. The van der Waals surface area contributed by atoms with E-state index >= 15 is 0 Å². The van der Waals surface area contributed by atoms with Crippen molar-refractivity contribution in [1.29, 1.82) is 0 Å². The molecule has 5 heavy (non-hydrogen) atoms. The van der Waals surface area contributed by atoms with Crippen LogP contribution in [0.25, 0.3) is 0 Å². The van der Waals surface area contributed by atoms with Crippen LogP contribution in [-0.4, -0.2) is 23.1 Å². The fraction of sp³-hybridized carbons (Fsp3) is 0. The van der Waals surface area contributed by atoms with E-state index in [2.05, 4.69) is 0 Å². The summed E-state index contributed by atoms with van der Waals surface area (Å²) in [6, 6.07) is 0. The van der Waals surface area contributed by atoms with Gasteiger partial charge >= 0.3 is 63.8 Å². The molecule has 0 saturated heterocycles. The Labute approximate surface area is 71.9 Å². The first kappa shape index (κ1) is 29.2. The minimum absolute atomic E-state index is 0. The molecule has 0 aliphatic carbocycles. The summed E-state index contributed by atoms with van der Waals surface area (Å²) in [6.45, 7) is 0. The predicted octanol–water partition coefficient (Wildman–Crippen LogP) is -6.49. The van der Waals surface area contributed by atoms with Crippen LogP contribution in [-0.2, 0) is 0.938 Å². The monoisotopic (exact) mass is 218 g/mol. The molecule has 0 aromatic heterocycles.